The van der Waals surface area contributed by atoms with Crippen molar-refractivity contribution in [3.8, 4) is 5.75 Å². The van der Waals surface area contributed by atoms with Crippen LogP contribution in [-0.2, 0) is 0 Å². The fraction of sp³-hybridized carbons (Fsp3) is 0.312. The summed E-state index contributed by atoms with van der Waals surface area (Å²) in [4.78, 5) is 4.32. The van der Waals surface area contributed by atoms with Crippen LogP contribution in [0, 0.1) is 0 Å². The molecule has 0 radical (unpaired) electrons. The minimum absolute atomic E-state index is 0.189. The summed E-state index contributed by atoms with van der Waals surface area (Å²) < 4.78 is 5.46. The highest BCUT2D eigenvalue weighted by Crippen LogP contribution is 2.31. The molecule has 2 aromatic rings. The summed E-state index contributed by atoms with van der Waals surface area (Å²) in [5.41, 5.74) is 1.15. The first-order chi connectivity index (χ1) is 10.3. The van der Waals surface area contributed by atoms with Gasteiger partial charge in [0.2, 0.25) is 0 Å². The van der Waals surface area contributed by atoms with Crippen LogP contribution in [0.5, 0.6) is 5.75 Å². The van der Waals surface area contributed by atoms with Crippen molar-refractivity contribution in [1.29, 1.82) is 0 Å². The normalized spacial score (nSPS) is 12.1. The van der Waals surface area contributed by atoms with Crippen molar-refractivity contribution in [3.05, 3.63) is 53.2 Å². The molecule has 0 bridgehead atoms. The second-order valence-corrected chi connectivity index (χ2v) is 5.87. The topological polar surface area (TPSA) is 34.2 Å². The van der Waals surface area contributed by atoms with Gasteiger partial charge in [-0.25, -0.2) is 4.98 Å². The molecule has 1 heterocycles. The summed E-state index contributed by atoms with van der Waals surface area (Å²) in [6.45, 7) is 2.99. The standard InChI is InChI=1S/C16H19ClN2OS/c1-3-18-14(12-7-4-5-9-15(12)20-2)11-21-16-13(17)8-6-10-19-16/h4-10,14,18H,3,11H2,1-2H3. The fourth-order valence-electron chi connectivity index (χ4n) is 2.10. The summed E-state index contributed by atoms with van der Waals surface area (Å²) in [7, 11) is 1.70. The van der Waals surface area contributed by atoms with Gasteiger partial charge in [0.1, 0.15) is 10.8 Å². The molecular weight excluding hydrogens is 304 g/mol. The third-order valence-electron chi connectivity index (χ3n) is 3.08. The second-order valence-electron chi connectivity index (χ2n) is 4.45. The number of nitrogens with zero attached hydrogens (tertiary/aromatic N) is 1. The molecular formula is C16H19ClN2OS. The van der Waals surface area contributed by atoms with Gasteiger partial charge >= 0.3 is 0 Å². The van der Waals surface area contributed by atoms with Crippen LogP contribution in [0.3, 0.4) is 0 Å². The molecule has 0 saturated heterocycles. The molecule has 21 heavy (non-hydrogen) atoms. The van der Waals surface area contributed by atoms with Crippen molar-refractivity contribution in [2.75, 3.05) is 19.4 Å². The van der Waals surface area contributed by atoms with E-state index < -0.39 is 0 Å². The Morgan fingerprint density at radius 1 is 1.29 bits per heavy atom. The van der Waals surface area contributed by atoms with Crippen molar-refractivity contribution in [2.24, 2.45) is 0 Å². The van der Waals surface area contributed by atoms with E-state index in [4.69, 9.17) is 16.3 Å². The summed E-state index contributed by atoms with van der Waals surface area (Å²) in [6, 6.07) is 12.0. The van der Waals surface area contributed by atoms with Gasteiger partial charge in [-0.05, 0) is 24.7 Å². The van der Waals surface area contributed by atoms with Gasteiger partial charge in [-0.2, -0.15) is 0 Å². The Kier molecular flexibility index (Phi) is 6.36. The van der Waals surface area contributed by atoms with E-state index in [9.17, 15) is 0 Å². The largest absolute Gasteiger partial charge is 0.496 e. The van der Waals surface area contributed by atoms with Gasteiger partial charge in [0, 0.05) is 23.6 Å². The lowest BCUT2D eigenvalue weighted by Gasteiger charge is -2.20. The molecule has 1 atom stereocenters. The highest BCUT2D eigenvalue weighted by atomic mass is 35.5. The number of thioether (sulfide) groups is 1. The maximum atomic E-state index is 6.16. The zero-order valence-corrected chi connectivity index (χ0v) is 13.7. The van der Waals surface area contributed by atoms with Gasteiger partial charge in [0.25, 0.3) is 0 Å². The maximum Gasteiger partial charge on any atom is 0.123 e. The van der Waals surface area contributed by atoms with Crippen LogP contribution >= 0.6 is 23.4 Å². The molecule has 0 spiro atoms. The molecule has 0 aliphatic rings. The molecule has 1 unspecified atom stereocenters. The minimum Gasteiger partial charge on any atom is -0.496 e. The lowest BCUT2D eigenvalue weighted by molar-refractivity contribution is 0.403. The number of hydrogen-bond donors (Lipinski definition) is 1. The van der Waals surface area contributed by atoms with Gasteiger partial charge in [-0.15, -0.1) is 11.8 Å². The van der Waals surface area contributed by atoms with Crippen LogP contribution < -0.4 is 10.1 Å². The number of methoxy groups -OCH3 is 1. The van der Waals surface area contributed by atoms with Crippen LogP contribution in [0.1, 0.15) is 18.5 Å². The number of para-hydroxylation sites is 1. The molecule has 3 nitrogen and oxygen atoms in total. The fourth-order valence-corrected chi connectivity index (χ4v) is 3.35. The van der Waals surface area contributed by atoms with E-state index in [-0.39, 0.29) is 6.04 Å². The zero-order valence-electron chi connectivity index (χ0n) is 12.2. The first-order valence-corrected chi connectivity index (χ1v) is 8.22. The second kappa shape index (κ2) is 8.27. The summed E-state index contributed by atoms with van der Waals surface area (Å²) in [5, 5.41) is 5.04. The maximum absolute atomic E-state index is 6.16. The molecule has 2 rings (SSSR count). The molecule has 1 aromatic carbocycles. The molecule has 0 amide bonds. The number of aromatic nitrogens is 1. The SMILES string of the molecule is CCNC(CSc1ncccc1Cl)c1ccccc1OC. The molecule has 1 N–H and O–H groups in total. The Morgan fingerprint density at radius 2 is 2.10 bits per heavy atom. The van der Waals surface area contributed by atoms with Gasteiger partial charge in [-0.3, -0.25) is 0 Å². The van der Waals surface area contributed by atoms with E-state index in [2.05, 4.69) is 23.3 Å². The first kappa shape index (κ1) is 16.1. The van der Waals surface area contributed by atoms with E-state index in [1.165, 1.54) is 0 Å². The lowest BCUT2D eigenvalue weighted by Crippen LogP contribution is -2.23. The van der Waals surface area contributed by atoms with Crippen LogP contribution in [0.4, 0.5) is 0 Å². The zero-order chi connectivity index (χ0) is 15.1. The first-order valence-electron chi connectivity index (χ1n) is 6.85. The molecule has 0 saturated carbocycles. The number of halogens is 1. The van der Waals surface area contributed by atoms with Gasteiger partial charge in [-0.1, -0.05) is 36.7 Å². The summed E-state index contributed by atoms with van der Waals surface area (Å²) in [6.07, 6.45) is 1.76. The minimum atomic E-state index is 0.189. The number of ether oxygens (including phenoxy) is 1. The Bertz CT molecular complexity index is 580. The van der Waals surface area contributed by atoms with Crippen molar-refractivity contribution in [2.45, 2.75) is 18.0 Å². The Balaban J connectivity index is 2.14. The summed E-state index contributed by atoms with van der Waals surface area (Å²) >= 11 is 7.81. The molecule has 5 heteroatoms. The lowest BCUT2D eigenvalue weighted by atomic mass is 10.1. The number of benzene rings is 1. The van der Waals surface area contributed by atoms with E-state index in [1.807, 2.05) is 30.3 Å². The average molecular weight is 323 g/mol. The number of rotatable bonds is 7. The molecule has 0 aliphatic carbocycles. The van der Waals surface area contributed by atoms with Gasteiger partial charge in [0.15, 0.2) is 0 Å². The Labute approximate surface area is 135 Å². The van der Waals surface area contributed by atoms with Crippen molar-refractivity contribution >= 4 is 23.4 Å². The van der Waals surface area contributed by atoms with Crippen LogP contribution in [0.2, 0.25) is 5.02 Å². The summed E-state index contributed by atoms with van der Waals surface area (Å²) in [5.74, 6) is 1.74. The van der Waals surface area contributed by atoms with Crippen molar-refractivity contribution in [3.63, 3.8) is 0 Å². The van der Waals surface area contributed by atoms with E-state index in [1.54, 1.807) is 25.1 Å². The monoisotopic (exact) mass is 322 g/mol. The highest BCUT2D eigenvalue weighted by Gasteiger charge is 2.16. The van der Waals surface area contributed by atoms with Crippen LogP contribution in [0.15, 0.2) is 47.6 Å². The van der Waals surface area contributed by atoms with E-state index in [0.717, 1.165) is 28.6 Å². The molecule has 0 fully saturated rings. The predicted octanol–water partition coefficient (Wildman–Crippen LogP) is 4.19. The Morgan fingerprint density at radius 3 is 2.81 bits per heavy atom. The van der Waals surface area contributed by atoms with Crippen LogP contribution in [-0.4, -0.2) is 24.4 Å². The predicted molar refractivity (Wildman–Crippen MR) is 89.4 cm³/mol. The number of pyridine rings is 1. The number of hydrogen-bond acceptors (Lipinski definition) is 4. The molecule has 112 valence electrons. The third-order valence-corrected chi connectivity index (χ3v) is 4.59. The van der Waals surface area contributed by atoms with Crippen molar-refractivity contribution < 1.29 is 4.74 Å². The molecule has 1 aromatic heterocycles. The average Bonchev–Trinajstić information content (AvgIpc) is 2.53. The third kappa shape index (κ3) is 4.37. The van der Waals surface area contributed by atoms with Crippen molar-refractivity contribution in [1.82, 2.24) is 10.3 Å². The quantitative estimate of drug-likeness (QED) is 0.775. The van der Waals surface area contributed by atoms with Gasteiger partial charge in [0.05, 0.1) is 12.1 Å². The highest BCUT2D eigenvalue weighted by molar-refractivity contribution is 7.99. The van der Waals surface area contributed by atoms with Gasteiger partial charge < -0.3 is 10.1 Å². The Hall–Kier alpha value is -1.23. The number of nitrogens with one attached hydrogen (secondary N) is 1. The van der Waals surface area contributed by atoms with E-state index in [0.29, 0.717) is 5.02 Å². The van der Waals surface area contributed by atoms with Crippen LogP contribution in [0.25, 0.3) is 0 Å². The smallest absolute Gasteiger partial charge is 0.123 e. The molecule has 0 aliphatic heterocycles. The van der Waals surface area contributed by atoms with E-state index >= 15 is 0 Å².